The van der Waals surface area contributed by atoms with Crippen molar-refractivity contribution in [1.29, 1.82) is 0 Å². The van der Waals surface area contributed by atoms with Crippen molar-refractivity contribution < 1.29 is 18.3 Å². The molecule has 1 unspecified atom stereocenters. The van der Waals surface area contributed by atoms with Gasteiger partial charge in [0.25, 0.3) is 0 Å². The zero-order valence-corrected chi connectivity index (χ0v) is 11.2. The molecule has 0 spiro atoms. The van der Waals surface area contributed by atoms with Crippen molar-refractivity contribution in [2.45, 2.75) is 32.8 Å². The van der Waals surface area contributed by atoms with Crippen molar-refractivity contribution in [1.82, 2.24) is 0 Å². The molecule has 0 heterocycles. The van der Waals surface area contributed by atoms with Gasteiger partial charge in [-0.05, 0) is 18.8 Å². The van der Waals surface area contributed by atoms with Crippen LogP contribution < -0.4 is 5.73 Å². The first-order valence-corrected chi connectivity index (χ1v) is 6.74. The molecule has 0 rings (SSSR count). The zero-order valence-electron chi connectivity index (χ0n) is 9.55. The second-order valence-electron chi connectivity index (χ2n) is 4.04. The first-order chi connectivity index (χ1) is 6.74. The average molecular weight is 274 g/mol. The van der Waals surface area contributed by atoms with E-state index in [4.69, 9.17) is 10.8 Å². The lowest BCUT2D eigenvalue weighted by Crippen LogP contribution is -2.30. The van der Waals surface area contributed by atoms with Crippen molar-refractivity contribution in [2.24, 2.45) is 11.7 Å². The molecule has 0 fully saturated rings. The van der Waals surface area contributed by atoms with E-state index in [2.05, 4.69) is 0 Å². The number of rotatable bonds is 7. The molecular formula is C9H20ClNO4S. The maximum absolute atomic E-state index is 11.4. The first kappa shape index (κ1) is 18.0. The van der Waals surface area contributed by atoms with Crippen LogP contribution in [-0.4, -0.2) is 37.0 Å². The Morgan fingerprint density at radius 3 is 2.06 bits per heavy atom. The highest BCUT2D eigenvalue weighted by Gasteiger charge is 2.17. The van der Waals surface area contributed by atoms with E-state index in [0.29, 0.717) is 12.3 Å². The zero-order chi connectivity index (χ0) is 12.1. The Morgan fingerprint density at radius 1 is 1.25 bits per heavy atom. The van der Waals surface area contributed by atoms with Crippen LogP contribution in [0.1, 0.15) is 26.7 Å². The molecular weight excluding hydrogens is 254 g/mol. The molecule has 0 aromatic carbocycles. The summed E-state index contributed by atoms with van der Waals surface area (Å²) >= 11 is 0. The van der Waals surface area contributed by atoms with Crippen molar-refractivity contribution in [3.05, 3.63) is 0 Å². The number of aliphatic hydroxyl groups excluding tert-OH is 1. The summed E-state index contributed by atoms with van der Waals surface area (Å²) in [5.41, 5.74) is 4.80. The number of carbonyl (C=O) groups is 1. The monoisotopic (exact) mass is 273 g/mol. The van der Waals surface area contributed by atoms with Crippen molar-refractivity contribution >= 4 is 28.2 Å². The molecule has 1 atom stereocenters. The normalized spacial score (nSPS) is 13.2. The van der Waals surface area contributed by atoms with Gasteiger partial charge in [-0.15, -0.1) is 12.4 Å². The van der Waals surface area contributed by atoms with Crippen molar-refractivity contribution in [2.75, 3.05) is 11.5 Å². The number of hydrogen-bond donors (Lipinski definition) is 2. The Bertz CT molecular complexity index is 303. The Balaban J connectivity index is 0. The minimum Gasteiger partial charge on any atom is -0.383 e. The predicted octanol–water partition coefficient (Wildman–Crippen LogP) is 0.105. The first-order valence-electron chi connectivity index (χ1n) is 4.92. The third-order valence-corrected chi connectivity index (χ3v) is 3.75. The second kappa shape index (κ2) is 7.86. The number of sulfone groups is 1. The average Bonchev–Trinajstić information content (AvgIpc) is 2.11. The maximum Gasteiger partial charge on any atom is 0.246 e. The van der Waals surface area contributed by atoms with Crippen LogP contribution >= 0.6 is 12.4 Å². The van der Waals surface area contributed by atoms with Gasteiger partial charge in [-0.1, -0.05) is 13.8 Å². The van der Waals surface area contributed by atoms with Crippen molar-refractivity contribution in [3.63, 3.8) is 0 Å². The quantitative estimate of drug-likeness (QED) is 0.688. The summed E-state index contributed by atoms with van der Waals surface area (Å²) in [5.74, 6) is -0.658. The number of nitrogens with two attached hydrogens (primary N) is 1. The third-order valence-electron chi connectivity index (χ3n) is 2.04. The minimum absolute atomic E-state index is 0. The van der Waals surface area contributed by atoms with E-state index in [9.17, 15) is 13.2 Å². The number of aliphatic hydroxyl groups is 1. The fraction of sp³-hybridized carbons (Fsp3) is 0.889. The molecule has 0 radical (unpaired) electrons. The van der Waals surface area contributed by atoms with E-state index in [1.54, 1.807) is 0 Å². The van der Waals surface area contributed by atoms with Gasteiger partial charge in [-0.3, -0.25) is 4.79 Å². The highest BCUT2D eigenvalue weighted by atomic mass is 35.5. The van der Waals surface area contributed by atoms with Gasteiger partial charge in [0.1, 0.15) is 15.9 Å². The molecule has 7 heteroatoms. The summed E-state index contributed by atoms with van der Waals surface area (Å²) in [6.07, 6.45) is -0.885. The van der Waals surface area contributed by atoms with E-state index in [-0.39, 0.29) is 30.3 Å². The molecule has 1 amide bonds. The van der Waals surface area contributed by atoms with Crippen molar-refractivity contribution in [3.8, 4) is 0 Å². The summed E-state index contributed by atoms with van der Waals surface area (Å²) in [5, 5.41) is 9.03. The standard InChI is InChI=1S/C9H19NO4S.ClH/c1-7(2)3-5-15(13,14)6-4-8(11)9(10)12;/h7-8,11H,3-6H2,1-2H3,(H2,10,12);1H. The fourth-order valence-electron chi connectivity index (χ4n) is 0.951. The van der Waals surface area contributed by atoms with E-state index in [0.717, 1.165) is 0 Å². The number of halogens is 1. The topological polar surface area (TPSA) is 97.5 Å². The summed E-state index contributed by atoms with van der Waals surface area (Å²) in [6.45, 7) is 3.88. The molecule has 98 valence electrons. The van der Waals surface area contributed by atoms with Crippen LogP contribution in [0, 0.1) is 5.92 Å². The Morgan fingerprint density at radius 2 is 1.69 bits per heavy atom. The minimum atomic E-state index is -3.17. The molecule has 0 aliphatic rings. The van der Waals surface area contributed by atoms with Crippen LogP contribution in [0.15, 0.2) is 0 Å². The molecule has 16 heavy (non-hydrogen) atoms. The lowest BCUT2D eigenvalue weighted by atomic mass is 10.2. The SMILES string of the molecule is CC(C)CCS(=O)(=O)CCC(O)C(N)=O.Cl. The smallest absolute Gasteiger partial charge is 0.246 e. The maximum atomic E-state index is 11.4. The van der Waals surface area contributed by atoms with Gasteiger partial charge >= 0.3 is 0 Å². The van der Waals surface area contributed by atoms with Crippen LogP contribution in [0.4, 0.5) is 0 Å². The molecule has 0 aliphatic heterocycles. The van der Waals surface area contributed by atoms with Crippen LogP contribution in [0.3, 0.4) is 0 Å². The summed E-state index contributed by atoms with van der Waals surface area (Å²) < 4.78 is 22.8. The number of amides is 1. The van der Waals surface area contributed by atoms with Crippen LogP contribution in [0.5, 0.6) is 0 Å². The van der Waals surface area contributed by atoms with Gasteiger partial charge < -0.3 is 10.8 Å². The molecule has 0 saturated heterocycles. The lowest BCUT2D eigenvalue weighted by Gasteiger charge is -2.08. The summed E-state index contributed by atoms with van der Waals surface area (Å²) in [4.78, 5) is 10.5. The molecule has 0 aromatic rings. The fourth-order valence-corrected chi connectivity index (χ4v) is 2.57. The highest BCUT2D eigenvalue weighted by Crippen LogP contribution is 2.05. The van der Waals surface area contributed by atoms with E-state index in [1.165, 1.54) is 0 Å². The van der Waals surface area contributed by atoms with Crippen LogP contribution in [0.25, 0.3) is 0 Å². The highest BCUT2D eigenvalue weighted by molar-refractivity contribution is 7.91. The van der Waals surface area contributed by atoms with E-state index in [1.807, 2.05) is 13.8 Å². The lowest BCUT2D eigenvalue weighted by molar-refractivity contribution is -0.126. The predicted molar refractivity (Wildman–Crippen MR) is 65.2 cm³/mol. The van der Waals surface area contributed by atoms with Gasteiger partial charge in [-0.2, -0.15) is 0 Å². The molecule has 0 aromatic heterocycles. The van der Waals surface area contributed by atoms with E-state index >= 15 is 0 Å². The van der Waals surface area contributed by atoms with Gasteiger partial charge in [-0.25, -0.2) is 8.42 Å². The molecule has 0 aliphatic carbocycles. The van der Waals surface area contributed by atoms with Gasteiger partial charge in [0.2, 0.25) is 5.91 Å². The van der Waals surface area contributed by atoms with Gasteiger partial charge in [0, 0.05) is 0 Å². The summed E-state index contributed by atoms with van der Waals surface area (Å²) in [7, 11) is -3.17. The Kier molecular flexibility index (Phi) is 8.87. The molecule has 5 nitrogen and oxygen atoms in total. The Labute approximate surface area is 103 Å². The van der Waals surface area contributed by atoms with Gasteiger partial charge in [0.15, 0.2) is 0 Å². The second-order valence-corrected chi connectivity index (χ2v) is 6.34. The number of hydrogen-bond acceptors (Lipinski definition) is 4. The van der Waals surface area contributed by atoms with Crippen LogP contribution in [0.2, 0.25) is 0 Å². The molecule has 3 N–H and O–H groups in total. The number of carbonyl (C=O) groups excluding carboxylic acids is 1. The Hall–Kier alpha value is -0.330. The largest absolute Gasteiger partial charge is 0.383 e. The molecule has 0 saturated carbocycles. The summed E-state index contributed by atoms with van der Waals surface area (Å²) in [6, 6.07) is 0. The number of primary amides is 1. The molecule has 0 bridgehead atoms. The van der Waals surface area contributed by atoms with Crippen LogP contribution in [-0.2, 0) is 14.6 Å². The van der Waals surface area contributed by atoms with E-state index < -0.39 is 21.8 Å². The third kappa shape index (κ3) is 8.94. The van der Waals surface area contributed by atoms with Gasteiger partial charge in [0.05, 0.1) is 11.5 Å².